The van der Waals surface area contributed by atoms with Crippen molar-refractivity contribution >= 4 is 5.78 Å². The maximum Gasteiger partial charge on any atom is 0.220 e. The van der Waals surface area contributed by atoms with Crippen molar-refractivity contribution < 1.29 is 9.72 Å². The van der Waals surface area contributed by atoms with Gasteiger partial charge in [-0.05, 0) is 18.4 Å². The summed E-state index contributed by atoms with van der Waals surface area (Å²) in [5, 5.41) is 11.2. The summed E-state index contributed by atoms with van der Waals surface area (Å²) in [6.45, 7) is 0. The Morgan fingerprint density at radius 3 is 2.67 bits per heavy atom. The van der Waals surface area contributed by atoms with Crippen LogP contribution in [0.2, 0.25) is 0 Å². The molecule has 0 aromatic heterocycles. The third kappa shape index (κ3) is 3.15. The second-order valence-electron chi connectivity index (χ2n) is 4.94. The van der Waals surface area contributed by atoms with E-state index in [0.29, 0.717) is 19.3 Å². The largest absolute Gasteiger partial charge is 0.300 e. The minimum absolute atomic E-state index is 0.0959. The Hall–Kier alpha value is -1.71. The van der Waals surface area contributed by atoms with Crippen LogP contribution in [0.4, 0.5) is 0 Å². The maximum atomic E-state index is 11.4. The Bertz CT molecular complexity index is 430. The summed E-state index contributed by atoms with van der Waals surface area (Å²) < 4.78 is 0. The van der Waals surface area contributed by atoms with Gasteiger partial charge >= 0.3 is 0 Å². The first kappa shape index (κ1) is 12.7. The molecule has 1 saturated carbocycles. The van der Waals surface area contributed by atoms with Crippen LogP contribution < -0.4 is 0 Å². The van der Waals surface area contributed by atoms with Gasteiger partial charge in [0.25, 0.3) is 0 Å². The molecule has 0 spiro atoms. The molecule has 0 amide bonds. The van der Waals surface area contributed by atoms with Crippen LogP contribution in [0.5, 0.6) is 0 Å². The van der Waals surface area contributed by atoms with E-state index >= 15 is 0 Å². The number of nitro groups is 1. The normalized spacial score (nSPS) is 21.6. The number of rotatable bonds is 4. The standard InChI is InChI=1S/C14H17NO3/c16-13-8-4-7-12(10-13)14(15(17)18)9-11-5-2-1-3-6-11/h1-3,5-6,12,14H,4,7-10H2/t12-,14+/m0/s1. The summed E-state index contributed by atoms with van der Waals surface area (Å²) in [5.41, 5.74) is 0.970. The second kappa shape index (κ2) is 5.76. The molecule has 1 aromatic rings. The highest BCUT2D eigenvalue weighted by atomic mass is 16.6. The van der Waals surface area contributed by atoms with Crippen molar-refractivity contribution in [2.45, 2.75) is 38.1 Å². The fourth-order valence-electron chi connectivity index (χ4n) is 2.66. The van der Waals surface area contributed by atoms with Gasteiger partial charge in [0.1, 0.15) is 5.78 Å². The monoisotopic (exact) mass is 247 g/mol. The van der Waals surface area contributed by atoms with Gasteiger partial charge < -0.3 is 0 Å². The smallest absolute Gasteiger partial charge is 0.220 e. The summed E-state index contributed by atoms with van der Waals surface area (Å²) in [7, 11) is 0. The Balaban J connectivity index is 2.08. The zero-order chi connectivity index (χ0) is 13.0. The van der Waals surface area contributed by atoms with Crippen LogP contribution in [0, 0.1) is 16.0 Å². The van der Waals surface area contributed by atoms with Gasteiger partial charge in [0.15, 0.2) is 0 Å². The minimum atomic E-state index is -0.628. The molecule has 18 heavy (non-hydrogen) atoms. The van der Waals surface area contributed by atoms with E-state index in [1.807, 2.05) is 30.3 Å². The highest BCUT2D eigenvalue weighted by molar-refractivity contribution is 5.79. The Morgan fingerprint density at radius 1 is 1.33 bits per heavy atom. The number of benzene rings is 1. The molecule has 4 heteroatoms. The number of hydrogen-bond donors (Lipinski definition) is 0. The number of Topliss-reactive ketones (excluding diaryl/α,β-unsaturated/α-hetero) is 1. The quantitative estimate of drug-likeness (QED) is 0.607. The SMILES string of the molecule is O=C1CCC[C@H]([C@@H](Cc2ccccc2)[N+](=O)[O-])C1. The van der Waals surface area contributed by atoms with Crippen LogP contribution in [0.15, 0.2) is 30.3 Å². The molecule has 1 aliphatic rings. The van der Waals surface area contributed by atoms with Crippen molar-refractivity contribution in [3.8, 4) is 0 Å². The first-order valence-corrected chi connectivity index (χ1v) is 6.36. The molecule has 96 valence electrons. The predicted octanol–water partition coefficient (Wildman–Crippen LogP) is 2.63. The van der Waals surface area contributed by atoms with Crippen molar-refractivity contribution in [1.29, 1.82) is 0 Å². The number of nitrogens with zero attached hydrogens (tertiary/aromatic N) is 1. The third-order valence-electron chi connectivity index (χ3n) is 3.62. The van der Waals surface area contributed by atoms with Gasteiger partial charge in [-0.1, -0.05) is 30.3 Å². The number of ketones is 1. The van der Waals surface area contributed by atoms with E-state index in [-0.39, 0.29) is 16.6 Å². The van der Waals surface area contributed by atoms with E-state index in [1.54, 1.807) is 0 Å². The summed E-state index contributed by atoms with van der Waals surface area (Å²) >= 11 is 0. The van der Waals surface area contributed by atoms with Crippen molar-refractivity contribution in [2.24, 2.45) is 5.92 Å². The molecule has 0 saturated heterocycles. The molecule has 1 fully saturated rings. The topological polar surface area (TPSA) is 60.2 Å². The van der Waals surface area contributed by atoms with Crippen molar-refractivity contribution in [2.75, 3.05) is 0 Å². The molecule has 2 atom stereocenters. The average Bonchev–Trinajstić information content (AvgIpc) is 2.37. The van der Waals surface area contributed by atoms with E-state index in [1.165, 1.54) is 0 Å². The summed E-state index contributed by atoms with van der Waals surface area (Å²) in [4.78, 5) is 22.4. The third-order valence-corrected chi connectivity index (χ3v) is 3.62. The van der Waals surface area contributed by atoms with Crippen LogP contribution in [0.1, 0.15) is 31.2 Å². The summed E-state index contributed by atoms with van der Waals surface area (Å²) in [6, 6.07) is 8.85. The van der Waals surface area contributed by atoms with Crippen molar-refractivity contribution in [3.63, 3.8) is 0 Å². The molecular formula is C14H17NO3. The van der Waals surface area contributed by atoms with Gasteiger partial charge in [0.05, 0.1) is 0 Å². The van der Waals surface area contributed by atoms with E-state index < -0.39 is 6.04 Å². The predicted molar refractivity (Wildman–Crippen MR) is 67.9 cm³/mol. The first-order valence-electron chi connectivity index (χ1n) is 6.36. The van der Waals surface area contributed by atoms with Crippen LogP contribution in [0.25, 0.3) is 0 Å². The average molecular weight is 247 g/mol. The lowest BCUT2D eigenvalue weighted by molar-refractivity contribution is -0.532. The Labute approximate surface area is 106 Å². The van der Waals surface area contributed by atoms with Crippen LogP contribution >= 0.6 is 0 Å². The number of hydrogen-bond acceptors (Lipinski definition) is 3. The molecule has 4 nitrogen and oxygen atoms in total. The summed E-state index contributed by atoms with van der Waals surface area (Å²) in [5.74, 6) is 0.0765. The molecule has 0 heterocycles. The minimum Gasteiger partial charge on any atom is -0.300 e. The van der Waals surface area contributed by atoms with Gasteiger partial charge in [0, 0.05) is 30.1 Å². The second-order valence-corrected chi connectivity index (χ2v) is 4.94. The fourth-order valence-corrected chi connectivity index (χ4v) is 2.66. The van der Waals surface area contributed by atoms with Crippen LogP contribution in [-0.2, 0) is 11.2 Å². The first-order chi connectivity index (χ1) is 8.66. The van der Waals surface area contributed by atoms with Gasteiger partial charge in [-0.2, -0.15) is 0 Å². The zero-order valence-corrected chi connectivity index (χ0v) is 10.2. The molecule has 0 aliphatic heterocycles. The highest BCUT2D eigenvalue weighted by Gasteiger charge is 2.34. The molecule has 2 rings (SSSR count). The Morgan fingerprint density at radius 2 is 2.06 bits per heavy atom. The summed E-state index contributed by atoms with van der Waals surface area (Å²) in [6.07, 6.45) is 2.98. The highest BCUT2D eigenvalue weighted by Crippen LogP contribution is 2.27. The molecule has 1 aromatic carbocycles. The van der Waals surface area contributed by atoms with Crippen LogP contribution in [0.3, 0.4) is 0 Å². The molecule has 0 radical (unpaired) electrons. The van der Waals surface area contributed by atoms with Gasteiger partial charge in [-0.3, -0.25) is 14.9 Å². The van der Waals surface area contributed by atoms with Crippen molar-refractivity contribution in [3.05, 3.63) is 46.0 Å². The number of carbonyl (C=O) groups excluding carboxylic acids is 1. The van der Waals surface area contributed by atoms with Gasteiger partial charge in [-0.25, -0.2) is 0 Å². The van der Waals surface area contributed by atoms with E-state index in [9.17, 15) is 14.9 Å². The number of carbonyl (C=O) groups is 1. The van der Waals surface area contributed by atoms with E-state index in [4.69, 9.17) is 0 Å². The van der Waals surface area contributed by atoms with Gasteiger partial charge in [-0.15, -0.1) is 0 Å². The van der Waals surface area contributed by atoms with E-state index in [0.717, 1.165) is 18.4 Å². The molecule has 0 N–H and O–H groups in total. The maximum absolute atomic E-state index is 11.4. The van der Waals surface area contributed by atoms with Gasteiger partial charge in [0.2, 0.25) is 6.04 Å². The lowest BCUT2D eigenvalue weighted by Crippen LogP contribution is -2.34. The molecule has 0 bridgehead atoms. The zero-order valence-electron chi connectivity index (χ0n) is 10.2. The molecule has 1 aliphatic carbocycles. The van der Waals surface area contributed by atoms with E-state index in [2.05, 4.69) is 0 Å². The van der Waals surface area contributed by atoms with Crippen LogP contribution in [-0.4, -0.2) is 16.7 Å². The Kier molecular flexibility index (Phi) is 4.07. The lowest BCUT2D eigenvalue weighted by atomic mass is 9.81. The molecule has 0 unspecified atom stereocenters. The molecular weight excluding hydrogens is 230 g/mol. The fraction of sp³-hybridized carbons (Fsp3) is 0.500. The lowest BCUT2D eigenvalue weighted by Gasteiger charge is -2.23. The van der Waals surface area contributed by atoms with Crippen molar-refractivity contribution in [1.82, 2.24) is 0 Å².